The summed E-state index contributed by atoms with van der Waals surface area (Å²) in [5, 5.41) is 9.59. The number of rotatable bonds is 10. The van der Waals surface area contributed by atoms with E-state index in [9.17, 15) is 14.7 Å². The van der Waals surface area contributed by atoms with E-state index in [1.807, 2.05) is 6.26 Å². The van der Waals surface area contributed by atoms with Crippen molar-refractivity contribution in [3.05, 3.63) is 72.5 Å². The molecule has 5 rings (SSSR count). The number of aromatic hydroxyl groups is 1. The highest BCUT2D eigenvalue weighted by molar-refractivity contribution is 7.98. The number of ether oxygens (including phenoxy) is 4. The predicted octanol–water partition coefficient (Wildman–Crippen LogP) is 2.32. The van der Waals surface area contributed by atoms with Crippen LogP contribution in [0.1, 0.15) is 17.5 Å². The Balaban J connectivity index is 1.49. The lowest BCUT2D eigenvalue weighted by atomic mass is 10.1. The molecule has 0 radical (unpaired) electrons. The first-order valence-electron chi connectivity index (χ1n) is 12.6. The average Bonchev–Trinajstić information content (AvgIpc) is 3.73. The van der Waals surface area contributed by atoms with E-state index in [0.717, 1.165) is 0 Å². The zero-order valence-corrected chi connectivity index (χ0v) is 23.3. The van der Waals surface area contributed by atoms with E-state index in [1.165, 1.54) is 68.2 Å². The molecule has 1 aromatic carbocycles. The van der Waals surface area contributed by atoms with Crippen LogP contribution in [-0.2, 0) is 28.5 Å². The highest BCUT2D eigenvalue weighted by atomic mass is 32.2. The van der Waals surface area contributed by atoms with Crippen LogP contribution < -0.4 is 5.73 Å². The second-order valence-electron chi connectivity index (χ2n) is 9.02. The van der Waals surface area contributed by atoms with Gasteiger partial charge >= 0.3 is 11.9 Å². The first kappa shape index (κ1) is 28.6. The second-order valence-corrected chi connectivity index (χ2v) is 9.93. The summed E-state index contributed by atoms with van der Waals surface area (Å²) in [5.74, 6) is -0.990. The number of hydrogen-bond acceptors (Lipinski definition) is 13. The van der Waals surface area contributed by atoms with Gasteiger partial charge in [-0.2, -0.15) is 11.8 Å². The first-order chi connectivity index (χ1) is 20.4. The van der Waals surface area contributed by atoms with Gasteiger partial charge < -0.3 is 34.8 Å². The van der Waals surface area contributed by atoms with Crippen molar-refractivity contribution in [2.75, 3.05) is 24.9 Å². The van der Waals surface area contributed by atoms with Gasteiger partial charge in [0.25, 0.3) is 0 Å². The number of aromatic amines is 1. The number of fused-ring (bicyclic) bond motifs is 1. The third-order valence-electron chi connectivity index (χ3n) is 6.30. The minimum absolute atomic E-state index is 0.0720. The number of nitrogens with two attached hydrogens (primary N) is 1. The Kier molecular flexibility index (Phi) is 8.68. The lowest BCUT2D eigenvalue weighted by Gasteiger charge is -2.24. The highest BCUT2D eigenvalue weighted by Gasteiger charge is 2.51. The Labute approximate surface area is 243 Å². The molecule has 4 aromatic rings. The van der Waals surface area contributed by atoms with Gasteiger partial charge in [-0.05, 0) is 36.1 Å². The number of H-pyrrole nitrogens is 1. The summed E-state index contributed by atoms with van der Waals surface area (Å²) in [6.45, 7) is 0. The Bertz CT molecular complexity index is 1600. The maximum absolute atomic E-state index is 13.4. The average molecular weight is 594 g/mol. The number of esters is 2. The molecule has 4 N–H and O–H groups in total. The van der Waals surface area contributed by atoms with Crippen LogP contribution in [0, 0.1) is 0 Å². The van der Waals surface area contributed by atoms with Gasteiger partial charge in [0, 0.05) is 11.8 Å². The molecule has 1 fully saturated rings. The molecular weight excluding hydrogens is 566 g/mol. The lowest BCUT2D eigenvalue weighted by molar-refractivity contribution is -0.164. The largest absolute Gasteiger partial charge is 0.508 e. The Morgan fingerprint density at radius 1 is 1.19 bits per heavy atom. The fourth-order valence-corrected chi connectivity index (χ4v) is 4.95. The summed E-state index contributed by atoms with van der Waals surface area (Å²) in [4.78, 5) is 45.7. The van der Waals surface area contributed by atoms with Crippen molar-refractivity contribution in [1.29, 1.82) is 0 Å². The van der Waals surface area contributed by atoms with Gasteiger partial charge in [0.05, 0.1) is 31.7 Å². The number of aromatic nitrogens is 6. The molecule has 42 heavy (non-hydrogen) atoms. The molecule has 0 aliphatic carbocycles. The molecule has 0 saturated carbocycles. The fraction of sp³-hybridized carbons (Fsp3) is 0.259. The number of carbonyl (C=O) groups is 2. The topological polar surface area (TPSA) is 190 Å². The molecule has 15 heteroatoms. The number of methoxy groups -OCH3 is 1. The predicted molar refractivity (Wildman–Crippen MR) is 153 cm³/mol. The van der Waals surface area contributed by atoms with E-state index in [4.69, 9.17) is 24.7 Å². The molecular formula is C27H27N7O7S. The SMILES string of the molecule is COC(=Cc1ccc(O)cc1)C(=O)OC1C(OC(=O)C=Cc2cnc[nH]2)C(CSC)OC1n1cnc2c(N)ncnc21. The molecule has 4 heterocycles. The molecule has 1 saturated heterocycles. The molecule has 0 amide bonds. The standard InChI is InChI=1S/C27H27N7O7S/c1-38-18(9-15-3-6-17(35)7-4-15)27(37)41-23-22(40-20(36)8-5-16-10-29-12-30-16)19(11-42-2)39-26(23)34-14-33-21-24(28)31-13-32-25(21)34/h3-10,12-14,19,22-23,26,35H,11H2,1-2H3,(H,29,30)(H2,28,31,32). The van der Waals surface area contributed by atoms with Crippen LogP contribution in [0.15, 0.2) is 61.3 Å². The molecule has 3 aromatic heterocycles. The van der Waals surface area contributed by atoms with Crippen LogP contribution >= 0.6 is 11.8 Å². The van der Waals surface area contributed by atoms with E-state index in [1.54, 1.807) is 22.9 Å². The van der Waals surface area contributed by atoms with Crippen molar-refractivity contribution in [2.24, 2.45) is 0 Å². The van der Waals surface area contributed by atoms with Crippen LogP contribution in [0.2, 0.25) is 0 Å². The van der Waals surface area contributed by atoms with Crippen LogP contribution in [0.4, 0.5) is 5.82 Å². The molecule has 14 nitrogen and oxygen atoms in total. The summed E-state index contributed by atoms with van der Waals surface area (Å²) >= 11 is 1.47. The third kappa shape index (κ3) is 6.21. The van der Waals surface area contributed by atoms with Crippen molar-refractivity contribution in [3.8, 4) is 5.75 Å². The zero-order valence-electron chi connectivity index (χ0n) is 22.5. The van der Waals surface area contributed by atoms with Crippen LogP contribution in [-0.4, -0.2) is 84.0 Å². The van der Waals surface area contributed by atoms with Crippen LogP contribution in [0.25, 0.3) is 23.3 Å². The van der Waals surface area contributed by atoms with E-state index >= 15 is 0 Å². The van der Waals surface area contributed by atoms with E-state index < -0.39 is 36.5 Å². The number of benzene rings is 1. The number of thioether (sulfide) groups is 1. The fourth-order valence-electron chi connectivity index (χ4n) is 4.35. The summed E-state index contributed by atoms with van der Waals surface area (Å²) in [6.07, 6.45) is 8.01. The minimum atomic E-state index is -1.15. The number of hydrogen-bond donors (Lipinski definition) is 3. The van der Waals surface area contributed by atoms with Crippen molar-refractivity contribution in [3.63, 3.8) is 0 Å². The van der Waals surface area contributed by atoms with Crippen molar-refractivity contribution in [1.82, 2.24) is 29.5 Å². The number of anilines is 1. The maximum atomic E-state index is 13.4. The molecule has 4 atom stereocenters. The molecule has 1 aliphatic rings. The summed E-state index contributed by atoms with van der Waals surface area (Å²) in [7, 11) is 1.33. The van der Waals surface area contributed by atoms with E-state index in [2.05, 4.69) is 24.9 Å². The van der Waals surface area contributed by atoms with Gasteiger partial charge in [-0.1, -0.05) is 12.1 Å². The number of nitrogens with one attached hydrogen (secondary N) is 1. The van der Waals surface area contributed by atoms with E-state index in [0.29, 0.717) is 28.2 Å². The van der Waals surface area contributed by atoms with Gasteiger partial charge in [0.15, 0.2) is 29.9 Å². The molecule has 0 bridgehead atoms. The normalized spacial score (nSPS) is 20.7. The summed E-state index contributed by atoms with van der Waals surface area (Å²) < 4.78 is 25.0. The van der Waals surface area contributed by atoms with Gasteiger partial charge in [-0.3, -0.25) is 4.57 Å². The number of phenols is 1. The van der Waals surface area contributed by atoms with Gasteiger partial charge in [-0.25, -0.2) is 29.5 Å². The monoisotopic (exact) mass is 593 g/mol. The number of imidazole rings is 2. The van der Waals surface area contributed by atoms with Crippen molar-refractivity contribution in [2.45, 2.75) is 24.5 Å². The Hall–Kier alpha value is -4.89. The van der Waals surface area contributed by atoms with Gasteiger partial charge in [0.1, 0.15) is 23.7 Å². The van der Waals surface area contributed by atoms with Crippen LogP contribution in [0.5, 0.6) is 5.75 Å². The number of nitrogens with zero attached hydrogens (tertiary/aromatic N) is 5. The van der Waals surface area contributed by atoms with Crippen molar-refractivity contribution >= 4 is 52.8 Å². The summed E-state index contributed by atoms with van der Waals surface area (Å²) in [6, 6.07) is 6.16. The molecule has 4 unspecified atom stereocenters. The molecule has 218 valence electrons. The van der Waals surface area contributed by atoms with Gasteiger partial charge in [0.2, 0.25) is 5.76 Å². The summed E-state index contributed by atoms with van der Waals surface area (Å²) in [5.41, 5.74) is 7.84. The lowest BCUT2D eigenvalue weighted by Crippen LogP contribution is -2.40. The second kappa shape index (κ2) is 12.7. The highest BCUT2D eigenvalue weighted by Crippen LogP contribution is 2.37. The van der Waals surface area contributed by atoms with E-state index in [-0.39, 0.29) is 17.3 Å². The minimum Gasteiger partial charge on any atom is -0.508 e. The van der Waals surface area contributed by atoms with Gasteiger partial charge in [-0.15, -0.1) is 0 Å². The first-order valence-corrected chi connectivity index (χ1v) is 14.0. The number of nitrogen functional groups attached to an aromatic ring is 1. The number of carbonyl (C=O) groups excluding carboxylic acids is 2. The van der Waals surface area contributed by atoms with Crippen molar-refractivity contribution < 1.29 is 33.6 Å². The number of phenolic OH excluding ortho intramolecular Hbond substituents is 1. The Morgan fingerprint density at radius 2 is 2.00 bits per heavy atom. The molecule has 1 aliphatic heterocycles. The Morgan fingerprint density at radius 3 is 2.71 bits per heavy atom. The smallest absolute Gasteiger partial charge is 0.374 e. The quantitative estimate of drug-likeness (QED) is 0.138. The maximum Gasteiger partial charge on any atom is 0.374 e. The zero-order chi connectivity index (χ0) is 29.6. The third-order valence-corrected chi connectivity index (χ3v) is 6.97. The molecule has 0 spiro atoms. The van der Waals surface area contributed by atoms with Crippen LogP contribution in [0.3, 0.4) is 0 Å².